The standard InChI is InChI=1S/C49H33BN3S/c1-49(2)38-24-11-9-19-33(38)42-36-23-14-25-39-46(36)53(47(42)49)40-28-31(52(29-15-5-3-6-16-29)30-17-7-4-8-18-30)27-37(44(40)50-39)32-21-13-22-35-43-34-20-10-12-26-41(34)54-48(43)51-45(32)35/h3-28,51H,1-2H3. The number of thiophene rings is 1. The predicted octanol–water partition coefficient (Wildman–Crippen LogP) is 11.9. The molecule has 0 saturated carbocycles. The fourth-order valence-electron chi connectivity index (χ4n) is 9.66. The maximum atomic E-state index is 3.94. The first-order valence-electron chi connectivity index (χ1n) is 18.7. The molecule has 7 aromatic carbocycles. The minimum Gasteiger partial charge on any atom is -0.346 e. The fraction of sp³-hybridized carbons (Fsp3) is 0.0612. The minimum absolute atomic E-state index is 0.198. The molecule has 0 amide bonds. The third-order valence-electron chi connectivity index (χ3n) is 11.9. The van der Waals surface area contributed by atoms with Gasteiger partial charge < -0.3 is 14.5 Å². The Hall–Kier alpha value is -6.30. The van der Waals surface area contributed by atoms with Crippen molar-refractivity contribution >= 4 is 88.7 Å². The van der Waals surface area contributed by atoms with E-state index in [9.17, 15) is 0 Å². The molecular formula is C49H33BN3S. The number of aromatic nitrogens is 2. The number of para-hydroxylation sites is 4. The van der Waals surface area contributed by atoms with Crippen molar-refractivity contribution in [2.75, 3.05) is 4.90 Å². The van der Waals surface area contributed by atoms with Crippen LogP contribution in [-0.4, -0.2) is 16.8 Å². The van der Waals surface area contributed by atoms with E-state index in [1.165, 1.54) is 92.2 Å². The van der Waals surface area contributed by atoms with Gasteiger partial charge in [-0.1, -0.05) is 135 Å². The summed E-state index contributed by atoms with van der Waals surface area (Å²) in [6, 6.07) is 57.9. The summed E-state index contributed by atoms with van der Waals surface area (Å²) in [4.78, 5) is 7.57. The molecule has 0 unspecified atom stereocenters. The van der Waals surface area contributed by atoms with Crippen LogP contribution in [-0.2, 0) is 5.41 Å². The van der Waals surface area contributed by atoms with Crippen LogP contribution in [0.25, 0.3) is 70.0 Å². The van der Waals surface area contributed by atoms with Gasteiger partial charge in [0.1, 0.15) is 4.83 Å². The van der Waals surface area contributed by atoms with E-state index in [-0.39, 0.29) is 5.41 Å². The van der Waals surface area contributed by atoms with E-state index in [0.29, 0.717) is 0 Å². The third kappa shape index (κ3) is 3.97. The van der Waals surface area contributed by atoms with Gasteiger partial charge in [0.25, 0.3) is 0 Å². The first-order valence-corrected chi connectivity index (χ1v) is 19.5. The SMILES string of the molecule is CC1(C)c2ccccc2-c2c1n1c3c(cccc23)[B]c2c(-c3cccc4c3[nH]c3sc5ccccc5c34)cc(N(c3ccccc3)c3ccccc3)cc2-1. The summed E-state index contributed by atoms with van der Waals surface area (Å²) in [5, 5.41) is 5.20. The number of aromatic amines is 1. The summed E-state index contributed by atoms with van der Waals surface area (Å²) in [7, 11) is 2.44. The van der Waals surface area contributed by atoms with E-state index in [0.717, 1.165) is 17.1 Å². The van der Waals surface area contributed by atoms with Gasteiger partial charge in [-0.3, -0.25) is 0 Å². The Morgan fingerprint density at radius 1 is 0.611 bits per heavy atom. The Balaban J connectivity index is 1.22. The van der Waals surface area contributed by atoms with Gasteiger partial charge in [0.15, 0.2) is 7.28 Å². The molecule has 1 aliphatic heterocycles. The second-order valence-electron chi connectivity index (χ2n) is 15.2. The van der Waals surface area contributed by atoms with Crippen LogP contribution in [0.1, 0.15) is 25.1 Å². The van der Waals surface area contributed by atoms with Crippen molar-refractivity contribution in [1.82, 2.24) is 9.55 Å². The largest absolute Gasteiger partial charge is 0.346 e. The molecule has 0 bridgehead atoms. The Labute approximate surface area is 318 Å². The second-order valence-corrected chi connectivity index (χ2v) is 16.3. The monoisotopic (exact) mass is 706 g/mol. The highest BCUT2D eigenvalue weighted by atomic mass is 32.1. The van der Waals surface area contributed by atoms with Gasteiger partial charge in [-0.25, -0.2) is 0 Å². The lowest BCUT2D eigenvalue weighted by atomic mass is 9.59. The molecule has 1 N–H and O–H groups in total. The van der Waals surface area contributed by atoms with Gasteiger partial charge in [0, 0.05) is 76.7 Å². The number of nitrogens with one attached hydrogen (secondary N) is 1. The first-order chi connectivity index (χ1) is 26.6. The van der Waals surface area contributed by atoms with Gasteiger partial charge in [-0.2, -0.15) is 0 Å². The number of nitrogens with zero attached hydrogens (tertiary/aromatic N) is 2. The summed E-state index contributed by atoms with van der Waals surface area (Å²) in [5.74, 6) is 0. The van der Waals surface area contributed by atoms with Crippen molar-refractivity contribution in [1.29, 1.82) is 0 Å². The zero-order valence-electron chi connectivity index (χ0n) is 29.9. The average molecular weight is 707 g/mol. The molecule has 4 heterocycles. The number of fused-ring (bicyclic) bond motifs is 12. The molecule has 5 heteroatoms. The number of anilines is 3. The Morgan fingerprint density at radius 3 is 2.09 bits per heavy atom. The van der Waals surface area contributed by atoms with Crippen molar-refractivity contribution in [3.05, 3.63) is 169 Å². The molecule has 0 fully saturated rings. The quantitative estimate of drug-likeness (QED) is 0.181. The smallest absolute Gasteiger partial charge is 0.197 e. The summed E-state index contributed by atoms with van der Waals surface area (Å²) >= 11 is 1.84. The van der Waals surface area contributed by atoms with Crippen LogP contribution >= 0.6 is 11.3 Å². The summed E-state index contributed by atoms with van der Waals surface area (Å²) in [6.07, 6.45) is 0. The molecule has 0 spiro atoms. The maximum absolute atomic E-state index is 3.94. The van der Waals surface area contributed by atoms with E-state index < -0.39 is 0 Å². The maximum Gasteiger partial charge on any atom is 0.197 e. The minimum atomic E-state index is -0.198. The van der Waals surface area contributed by atoms with Gasteiger partial charge >= 0.3 is 0 Å². The molecule has 0 saturated heterocycles. The lowest BCUT2D eigenvalue weighted by Crippen LogP contribution is -2.39. The molecule has 1 aliphatic carbocycles. The van der Waals surface area contributed by atoms with Crippen LogP contribution in [0.2, 0.25) is 0 Å². The third-order valence-corrected chi connectivity index (χ3v) is 13.0. The zero-order valence-corrected chi connectivity index (χ0v) is 30.7. The van der Waals surface area contributed by atoms with E-state index in [4.69, 9.17) is 0 Å². The van der Waals surface area contributed by atoms with Crippen molar-refractivity contribution in [2.24, 2.45) is 0 Å². The molecule has 1 radical (unpaired) electrons. The van der Waals surface area contributed by atoms with Crippen molar-refractivity contribution < 1.29 is 0 Å². The van der Waals surface area contributed by atoms with Crippen LogP contribution in [0.4, 0.5) is 17.1 Å². The van der Waals surface area contributed by atoms with E-state index in [2.05, 4.69) is 193 Å². The lowest BCUT2D eigenvalue weighted by molar-refractivity contribution is 0.624. The molecule has 2 aliphatic rings. The topological polar surface area (TPSA) is 24.0 Å². The van der Waals surface area contributed by atoms with Gasteiger partial charge in [-0.15, -0.1) is 11.3 Å². The highest BCUT2D eigenvalue weighted by molar-refractivity contribution is 7.25. The summed E-state index contributed by atoms with van der Waals surface area (Å²) < 4.78 is 3.93. The highest BCUT2D eigenvalue weighted by Gasteiger charge is 2.42. The molecule has 253 valence electrons. The molecule has 12 rings (SSSR count). The second kappa shape index (κ2) is 10.9. The Kier molecular flexibility index (Phi) is 6.08. The van der Waals surface area contributed by atoms with Gasteiger partial charge in [0.05, 0.1) is 5.52 Å². The predicted molar refractivity (Wildman–Crippen MR) is 231 cm³/mol. The van der Waals surface area contributed by atoms with E-state index >= 15 is 0 Å². The number of rotatable bonds is 4. The molecular weight excluding hydrogens is 673 g/mol. The normalized spacial score (nSPS) is 13.7. The van der Waals surface area contributed by atoms with Crippen LogP contribution < -0.4 is 15.8 Å². The van der Waals surface area contributed by atoms with Crippen LogP contribution in [0.5, 0.6) is 0 Å². The average Bonchev–Trinajstić information content (AvgIpc) is 3.93. The molecule has 54 heavy (non-hydrogen) atoms. The van der Waals surface area contributed by atoms with Crippen LogP contribution in [0.3, 0.4) is 0 Å². The Morgan fingerprint density at radius 2 is 1.28 bits per heavy atom. The lowest BCUT2D eigenvalue weighted by Gasteiger charge is -2.32. The number of benzene rings is 7. The fourth-order valence-corrected chi connectivity index (χ4v) is 10.8. The zero-order chi connectivity index (χ0) is 35.7. The number of H-pyrrole nitrogens is 1. The number of hydrogen-bond acceptors (Lipinski definition) is 2. The van der Waals surface area contributed by atoms with Crippen molar-refractivity contribution in [3.63, 3.8) is 0 Å². The van der Waals surface area contributed by atoms with Crippen LogP contribution in [0, 0.1) is 0 Å². The van der Waals surface area contributed by atoms with Crippen LogP contribution in [0.15, 0.2) is 158 Å². The number of hydrogen-bond donors (Lipinski definition) is 1. The highest BCUT2D eigenvalue weighted by Crippen LogP contribution is 2.54. The first kappa shape index (κ1) is 30.2. The summed E-state index contributed by atoms with van der Waals surface area (Å²) in [5.41, 5.74) is 17.2. The van der Waals surface area contributed by atoms with Gasteiger partial charge in [0.2, 0.25) is 0 Å². The van der Waals surface area contributed by atoms with E-state index in [1.54, 1.807) is 0 Å². The molecule has 10 aromatic rings. The van der Waals surface area contributed by atoms with Crippen molar-refractivity contribution in [3.8, 4) is 27.9 Å². The molecule has 3 nitrogen and oxygen atoms in total. The van der Waals surface area contributed by atoms with Crippen molar-refractivity contribution in [2.45, 2.75) is 19.3 Å². The molecule has 3 aromatic heterocycles. The summed E-state index contributed by atoms with van der Waals surface area (Å²) in [6.45, 7) is 4.80. The van der Waals surface area contributed by atoms with Gasteiger partial charge in [-0.05, 0) is 64.6 Å². The Bertz CT molecular complexity index is 3130. The van der Waals surface area contributed by atoms with E-state index in [1.807, 2.05) is 11.3 Å². The molecule has 0 atom stereocenters.